The lowest BCUT2D eigenvalue weighted by Gasteiger charge is -2.35. The molecule has 1 aromatic rings. The summed E-state index contributed by atoms with van der Waals surface area (Å²) in [7, 11) is 0. The molecule has 1 unspecified atom stereocenters. The highest BCUT2D eigenvalue weighted by Gasteiger charge is 2.17. The van der Waals surface area contributed by atoms with Gasteiger partial charge in [-0.1, -0.05) is 12.1 Å². The quantitative estimate of drug-likeness (QED) is 0.801. The molecule has 2 rings (SSSR count). The third-order valence-electron chi connectivity index (χ3n) is 3.91. The third kappa shape index (κ3) is 2.81. The van der Waals surface area contributed by atoms with Crippen LogP contribution in [-0.4, -0.2) is 25.7 Å². The van der Waals surface area contributed by atoms with Gasteiger partial charge in [-0.15, -0.1) is 0 Å². The van der Waals surface area contributed by atoms with Crippen molar-refractivity contribution in [3.63, 3.8) is 0 Å². The summed E-state index contributed by atoms with van der Waals surface area (Å²) in [5, 5.41) is 3.49. The molecule has 0 radical (unpaired) electrons. The van der Waals surface area contributed by atoms with Crippen LogP contribution in [0.4, 0.5) is 5.69 Å². The number of aryl methyl sites for hydroxylation is 1. The lowest BCUT2D eigenvalue weighted by molar-refractivity contribution is 0.499. The van der Waals surface area contributed by atoms with Crippen LogP contribution >= 0.6 is 0 Å². The van der Waals surface area contributed by atoms with Crippen LogP contribution in [-0.2, 0) is 0 Å². The summed E-state index contributed by atoms with van der Waals surface area (Å²) in [6.07, 6.45) is 2.46. The molecule has 0 aromatic heterocycles. The molecule has 0 amide bonds. The van der Waals surface area contributed by atoms with E-state index in [0.29, 0.717) is 6.04 Å². The van der Waals surface area contributed by atoms with Crippen LogP contribution in [0.3, 0.4) is 0 Å². The first-order valence-electron chi connectivity index (χ1n) is 6.73. The van der Waals surface area contributed by atoms with Crippen LogP contribution in [0.5, 0.6) is 0 Å². The summed E-state index contributed by atoms with van der Waals surface area (Å²) in [5.41, 5.74) is 4.27. The molecule has 2 heteroatoms. The van der Waals surface area contributed by atoms with E-state index < -0.39 is 0 Å². The van der Waals surface area contributed by atoms with Gasteiger partial charge in [-0.25, -0.2) is 0 Å². The second-order valence-electron chi connectivity index (χ2n) is 5.15. The van der Waals surface area contributed by atoms with E-state index in [0.717, 1.165) is 13.1 Å². The molecular formula is C15H24N2. The van der Waals surface area contributed by atoms with E-state index in [4.69, 9.17) is 0 Å². The standard InChI is InChI=1S/C15H24N2/c1-12-6-4-7-15(14(12)3)17-11-5-9-16-10-8-13(17)2/h4,6-7,13,16H,5,8-11H2,1-3H3. The Morgan fingerprint density at radius 3 is 2.88 bits per heavy atom. The third-order valence-corrected chi connectivity index (χ3v) is 3.91. The maximum Gasteiger partial charge on any atom is 0.0400 e. The van der Waals surface area contributed by atoms with E-state index in [1.165, 1.54) is 36.2 Å². The van der Waals surface area contributed by atoms with Crippen molar-refractivity contribution >= 4 is 5.69 Å². The van der Waals surface area contributed by atoms with Gasteiger partial charge in [-0.05, 0) is 63.9 Å². The van der Waals surface area contributed by atoms with E-state index in [1.807, 2.05) is 0 Å². The zero-order valence-electron chi connectivity index (χ0n) is 11.3. The lowest BCUT2D eigenvalue weighted by Crippen LogP contribution is -2.40. The van der Waals surface area contributed by atoms with E-state index in [1.54, 1.807) is 0 Å². The van der Waals surface area contributed by atoms with Gasteiger partial charge >= 0.3 is 0 Å². The van der Waals surface area contributed by atoms with Crippen LogP contribution in [0.25, 0.3) is 0 Å². The molecule has 1 N–H and O–H groups in total. The fourth-order valence-corrected chi connectivity index (χ4v) is 2.59. The molecule has 1 atom stereocenters. The fourth-order valence-electron chi connectivity index (χ4n) is 2.59. The van der Waals surface area contributed by atoms with Crippen molar-refractivity contribution in [3.8, 4) is 0 Å². The van der Waals surface area contributed by atoms with E-state index in [-0.39, 0.29) is 0 Å². The Kier molecular flexibility index (Phi) is 4.06. The van der Waals surface area contributed by atoms with Crippen molar-refractivity contribution in [2.24, 2.45) is 0 Å². The number of hydrogen-bond donors (Lipinski definition) is 1. The maximum absolute atomic E-state index is 3.49. The number of rotatable bonds is 1. The minimum atomic E-state index is 0.628. The molecule has 2 nitrogen and oxygen atoms in total. The Labute approximate surface area is 105 Å². The topological polar surface area (TPSA) is 15.3 Å². The van der Waals surface area contributed by atoms with Gasteiger partial charge in [0.15, 0.2) is 0 Å². The number of nitrogens with one attached hydrogen (secondary N) is 1. The molecule has 1 aliphatic heterocycles. The van der Waals surface area contributed by atoms with Gasteiger partial charge < -0.3 is 10.2 Å². The molecule has 1 heterocycles. The summed E-state index contributed by atoms with van der Waals surface area (Å²) in [4.78, 5) is 2.59. The van der Waals surface area contributed by atoms with Crippen molar-refractivity contribution in [1.82, 2.24) is 5.32 Å². The van der Waals surface area contributed by atoms with Crippen LogP contribution in [0, 0.1) is 13.8 Å². The highest BCUT2D eigenvalue weighted by Crippen LogP contribution is 2.26. The summed E-state index contributed by atoms with van der Waals surface area (Å²) >= 11 is 0. The van der Waals surface area contributed by atoms with Gasteiger partial charge in [0.25, 0.3) is 0 Å². The Bertz CT molecular complexity index is 373. The molecule has 1 aliphatic rings. The van der Waals surface area contributed by atoms with Gasteiger partial charge in [0.2, 0.25) is 0 Å². The van der Waals surface area contributed by atoms with E-state index in [9.17, 15) is 0 Å². The highest BCUT2D eigenvalue weighted by atomic mass is 15.2. The Morgan fingerprint density at radius 2 is 2.06 bits per heavy atom. The van der Waals surface area contributed by atoms with Gasteiger partial charge in [-0.3, -0.25) is 0 Å². The molecule has 17 heavy (non-hydrogen) atoms. The maximum atomic E-state index is 3.49. The summed E-state index contributed by atoms with van der Waals surface area (Å²) in [6, 6.07) is 7.29. The summed E-state index contributed by atoms with van der Waals surface area (Å²) < 4.78 is 0. The Morgan fingerprint density at radius 1 is 1.24 bits per heavy atom. The molecule has 94 valence electrons. The van der Waals surface area contributed by atoms with Crippen LogP contribution in [0.15, 0.2) is 18.2 Å². The lowest BCUT2D eigenvalue weighted by atomic mass is 10.0. The Hall–Kier alpha value is -1.02. The average Bonchev–Trinajstić information content (AvgIpc) is 2.29. The van der Waals surface area contributed by atoms with Gasteiger partial charge in [0, 0.05) is 18.3 Å². The van der Waals surface area contributed by atoms with E-state index >= 15 is 0 Å². The molecule has 0 saturated carbocycles. The first-order chi connectivity index (χ1) is 8.20. The van der Waals surface area contributed by atoms with Gasteiger partial charge in [0.05, 0.1) is 0 Å². The second-order valence-corrected chi connectivity index (χ2v) is 5.15. The number of hydrogen-bond acceptors (Lipinski definition) is 2. The summed E-state index contributed by atoms with van der Waals surface area (Å²) in [6.45, 7) is 10.2. The minimum Gasteiger partial charge on any atom is -0.369 e. The molecule has 1 fully saturated rings. The predicted octanol–water partition coefficient (Wildman–Crippen LogP) is 2.88. The average molecular weight is 232 g/mol. The van der Waals surface area contributed by atoms with Crippen molar-refractivity contribution in [2.45, 2.75) is 39.7 Å². The smallest absolute Gasteiger partial charge is 0.0400 e. The molecular weight excluding hydrogens is 208 g/mol. The number of nitrogens with zero attached hydrogens (tertiary/aromatic N) is 1. The number of anilines is 1. The van der Waals surface area contributed by atoms with Crippen molar-refractivity contribution in [2.75, 3.05) is 24.5 Å². The van der Waals surface area contributed by atoms with Crippen LogP contribution < -0.4 is 10.2 Å². The molecule has 0 spiro atoms. The van der Waals surface area contributed by atoms with Gasteiger partial charge in [0.1, 0.15) is 0 Å². The number of benzene rings is 1. The largest absolute Gasteiger partial charge is 0.369 e. The molecule has 0 aliphatic carbocycles. The zero-order chi connectivity index (χ0) is 12.3. The summed E-state index contributed by atoms with van der Waals surface area (Å²) in [5.74, 6) is 0. The van der Waals surface area contributed by atoms with Crippen molar-refractivity contribution in [1.29, 1.82) is 0 Å². The van der Waals surface area contributed by atoms with Crippen molar-refractivity contribution < 1.29 is 0 Å². The monoisotopic (exact) mass is 232 g/mol. The normalized spacial score (nSPS) is 22.1. The van der Waals surface area contributed by atoms with Gasteiger partial charge in [-0.2, -0.15) is 0 Å². The highest BCUT2D eigenvalue weighted by molar-refractivity contribution is 5.56. The molecule has 1 saturated heterocycles. The SMILES string of the molecule is Cc1cccc(N2CCCNCCC2C)c1C. The molecule has 0 bridgehead atoms. The van der Waals surface area contributed by atoms with Crippen molar-refractivity contribution in [3.05, 3.63) is 29.3 Å². The first-order valence-corrected chi connectivity index (χ1v) is 6.73. The predicted molar refractivity (Wildman–Crippen MR) is 74.8 cm³/mol. The zero-order valence-corrected chi connectivity index (χ0v) is 11.3. The second kappa shape index (κ2) is 5.54. The van der Waals surface area contributed by atoms with E-state index in [2.05, 4.69) is 49.2 Å². The Balaban J connectivity index is 2.25. The minimum absolute atomic E-state index is 0.628. The van der Waals surface area contributed by atoms with Crippen LogP contribution in [0.1, 0.15) is 30.9 Å². The fraction of sp³-hybridized carbons (Fsp3) is 0.600. The van der Waals surface area contributed by atoms with Crippen LogP contribution in [0.2, 0.25) is 0 Å². The molecule has 1 aromatic carbocycles. The first kappa shape index (κ1) is 12.4.